The van der Waals surface area contributed by atoms with Crippen LogP contribution in [0.5, 0.6) is 5.75 Å². The number of anilines is 1. The Kier molecular flexibility index (Phi) is 4.81. The number of aromatic nitrogens is 3. The molecule has 7 heteroatoms. The van der Waals surface area contributed by atoms with Crippen molar-refractivity contribution in [3.8, 4) is 17.1 Å². The Bertz CT molecular complexity index is 996. The van der Waals surface area contributed by atoms with Gasteiger partial charge in [-0.3, -0.25) is 4.98 Å². The molecule has 2 aliphatic rings. The quantitative estimate of drug-likeness (QED) is 0.736. The Hall–Kier alpha value is -3.06. The molecular weight excluding hydrogens is 369 g/mol. The first-order chi connectivity index (χ1) is 14.3. The lowest BCUT2D eigenvalue weighted by Crippen LogP contribution is -2.42. The molecule has 1 saturated heterocycles. The maximum Gasteiger partial charge on any atom is 0.161 e. The second-order valence-electron chi connectivity index (χ2n) is 7.42. The molecule has 1 aromatic carbocycles. The number of hydrogen-bond acceptors (Lipinski definition) is 6. The van der Waals surface area contributed by atoms with E-state index in [1.54, 1.807) is 24.5 Å². The molecule has 2 aromatic heterocycles. The maximum absolute atomic E-state index is 13.2. The van der Waals surface area contributed by atoms with Gasteiger partial charge in [-0.15, -0.1) is 0 Å². The largest absolute Gasteiger partial charge is 0.489 e. The minimum Gasteiger partial charge on any atom is -0.489 e. The molecule has 0 amide bonds. The van der Waals surface area contributed by atoms with Gasteiger partial charge >= 0.3 is 0 Å². The standard InChI is InChI=1S/C22H22FN5O/c23-16-3-5-17(6-4-16)29-18-2-1-11-28(14-18)22-19-12-25-13-20(19)26-21(27-22)15-7-9-24-10-8-15/h3-10,18,25H,1-2,11-14H2. The minimum absolute atomic E-state index is 0.0403. The first-order valence-corrected chi connectivity index (χ1v) is 9.94. The number of fused-ring (bicyclic) bond motifs is 1. The summed E-state index contributed by atoms with van der Waals surface area (Å²) in [6.07, 6.45) is 5.55. The molecule has 0 aliphatic carbocycles. The lowest BCUT2D eigenvalue weighted by Gasteiger charge is -2.34. The van der Waals surface area contributed by atoms with E-state index in [4.69, 9.17) is 14.7 Å². The van der Waals surface area contributed by atoms with E-state index >= 15 is 0 Å². The summed E-state index contributed by atoms with van der Waals surface area (Å²) in [5.74, 6) is 2.16. The summed E-state index contributed by atoms with van der Waals surface area (Å²) in [7, 11) is 0. The number of nitrogens with zero attached hydrogens (tertiary/aromatic N) is 4. The van der Waals surface area contributed by atoms with Crippen LogP contribution in [-0.4, -0.2) is 34.1 Å². The molecule has 3 aromatic rings. The summed E-state index contributed by atoms with van der Waals surface area (Å²) < 4.78 is 19.3. The highest BCUT2D eigenvalue weighted by molar-refractivity contribution is 5.61. The minimum atomic E-state index is -0.254. The number of benzene rings is 1. The van der Waals surface area contributed by atoms with Gasteiger partial charge in [0.25, 0.3) is 0 Å². The monoisotopic (exact) mass is 391 g/mol. The van der Waals surface area contributed by atoms with Crippen molar-refractivity contribution in [2.75, 3.05) is 18.0 Å². The second-order valence-corrected chi connectivity index (χ2v) is 7.42. The van der Waals surface area contributed by atoms with Crippen LogP contribution < -0.4 is 15.0 Å². The molecule has 29 heavy (non-hydrogen) atoms. The zero-order valence-electron chi connectivity index (χ0n) is 16.0. The van der Waals surface area contributed by atoms with Crippen LogP contribution >= 0.6 is 0 Å². The van der Waals surface area contributed by atoms with Gasteiger partial charge in [0, 0.05) is 43.2 Å². The second kappa shape index (κ2) is 7.75. The fraction of sp³-hybridized carbons (Fsp3) is 0.318. The average molecular weight is 391 g/mol. The van der Waals surface area contributed by atoms with Crippen molar-refractivity contribution < 1.29 is 9.13 Å². The highest BCUT2D eigenvalue weighted by atomic mass is 19.1. The van der Waals surface area contributed by atoms with Crippen LogP contribution in [0.25, 0.3) is 11.4 Å². The van der Waals surface area contributed by atoms with E-state index in [9.17, 15) is 4.39 Å². The van der Waals surface area contributed by atoms with Gasteiger partial charge in [0.1, 0.15) is 23.5 Å². The Labute approximate surface area is 168 Å². The van der Waals surface area contributed by atoms with Crippen molar-refractivity contribution >= 4 is 5.82 Å². The summed E-state index contributed by atoms with van der Waals surface area (Å²) in [6, 6.07) is 10.1. The van der Waals surface area contributed by atoms with Crippen LogP contribution in [0.1, 0.15) is 24.1 Å². The van der Waals surface area contributed by atoms with Gasteiger partial charge in [-0.05, 0) is 49.2 Å². The zero-order chi connectivity index (χ0) is 19.6. The molecule has 0 bridgehead atoms. The highest BCUT2D eigenvalue weighted by Gasteiger charge is 2.28. The van der Waals surface area contributed by atoms with Gasteiger partial charge in [0.15, 0.2) is 5.82 Å². The van der Waals surface area contributed by atoms with Gasteiger partial charge < -0.3 is 15.0 Å². The van der Waals surface area contributed by atoms with Gasteiger partial charge in [-0.1, -0.05) is 0 Å². The number of piperidine rings is 1. The zero-order valence-corrected chi connectivity index (χ0v) is 16.0. The van der Waals surface area contributed by atoms with Crippen molar-refractivity contribution in [3.05, 3.63) is 65.9 Å². The van der Waals surface area contributed by atoms with E-state index in [-0.39, 0.29) is 11.9 Å². The molecule has 1 N–H and O–H groups in total. The summed E-state index contributed by atoms with van der Waals surface area (Å²) >= 11 is 0. The number of halogens is 1. The van der Waals surface area contributed by atoms with Crippen molar-refractivity contribution in [2.45, 2.75) is 32.0 Å². The average Bonchev–Trinajstić information content (AvgIpc) is 3.24. The topological polar surface area (TPSA) is 63.2 Å². The number of pyridine rings is 1. The predicted octanol–water partition coefficient (Wildman–Crippen LogP) is 3.33. The Morgan fingerprint density at radius 3 is 2.69 bits per heavy atom. The van der Waals surface area contributed by atoms with Gasteiger partial charge in [0.2, 0.25) is 0 Å². The summed E-state index contributed by atoms with van der Waals surface area (Å²) in [5, 5.41) is 3.39. The van der Waals surface area contributed by atoms with E-state index in [1.165, 1.54) is 17.7 Å². The van der Waals surface area contributed by atoms with Crippen molar-refractivity contribution in [1.82, 2.24) is 20.3 Å². The maximum atomic E-state index is 13.2. The fourth-order valence-corrected chi connectivity index (χ4v) is 3.97. The van der Waals surface area contributed by atoms with Crippen molar-refractivity contribution in [2.24, 2.45) is 0 Å². The van der Waals surface area contributed by atoms with Crippen LogP contribution in [0, 0.1) is 5.82 Å². The summed E-state index contributed by atoms with van der Waals surface area (Å²) in [6.45, 7) is 3.21. The lowest BCUT2D eigenvalue weighted by molar-refractivity contribution is 0.179. The first kappa shape index (κ1) is 18.0. The summed E-state index contributed by atoms with van der Waals surface area (Å²) in [4.78, 5) is 16.1. The molecule has 0 spiro atoms. The van der Waals surface area contributed by atoms with Crippen LogP contribution in [0.15, 0.2) is 48.8 Å². The Balaban J connectivity index is 1.42. The molecule has 4 heterocycles. The van der Waals surface area contributed by atoms with Crippen molar-refractivity contribution in [1.29, 1.82) is 0 Å². The molecule has 5 rings (SSSR count). The third kappa shape index (κ3) is 3.78. The van der Waals surface area contributed by atoms with Crippen LogP contribution in [-0.2, 0) is 13.1 Å². The molecule has 1 atom stereocenters. The van der Waals surface area contributed by atoms with E-state index in [0.717, 1.165) is 61.9 Å². The normalized spacial score (nSPS) is 18.5. The molecule has 1 unspecified atom stereocenters. The fourth-order valence-electron chi connectivity index (χ4n) is 3.97. The Morgan fingerprint density at radius 1 is 1.03 bits per heavy atom. The smallest absolute Gasteiger partial charge is 0.161 e. The van der Waals surface area contributed by atoms with Crippen LogP contribution in [0.2, 0.25) is 0 Å². The van der Waals surface area contributed by atoms with Gasteiger partial charge in [0.05, 0.1) is 12.2 Å². The number of rotatable bonds is 4. The predicted molar refractivity (Wildman–Crippen MR) is 108 cm³/mol. The SMILES string of the molecule is Fc1ccc(OC2CCCN(c3nc(-c4ccncc4)nc4c3CNC4)C2)cc1. The molecule has 2 aliphatic heterocycles. The third-order valence-corrected chi connectivity index (χ3v) is 5.40. The van der Waals surface area contributed by atoms with Crippen molar-refractivity contribution in [3.63, 3.8) is 0 Å². The summed E-state index contributed by atoms with van der Waals surface area (Å²) in [5.41, 5.74) is 3.20. The van der Waals surface area contributed by atoms with Gasteiger partial charge in [-0.25, -0.2) is 14.4 Å². The molecular formula is C22H22FN5O. The molecule has 6 nitrogen and oxygen atoms in total. The first-order valence-electron chi connectivity index (χ1n) is 9.94. The number of ether oxygens (including phenoxy) is 1. The van der Waals surface area contributed by atoms with E-state index in [0.29, 0.717) is 5.75 Å². The van der Waals surface area contributed by atoms with Gasteiger partial charge in [-0.2, -0.15) is 0 Å². The molecule has 0 saturated carbocycles. The lowest BCUT2D eigenvalue weighted by atomic mass is 10.1. The van der Waals surface area contributed by atoms with Crippen LogP contribution in [0.3, 0.4) is 0 Å². The highest BCUT2D eigenvalue weighted by Crippen LogP contribution is 2.30. The van der Waals surface area contributed by atoms with E-state index in [2.05, 4.69) is 15.2 Å². The molecule has 1 fully saturated rings. The third-order valence-electron chi connectivity index (χ3n) is 5.40. The number of nitrogens with one attached hydrogen (secondary N) is 1. The van der Waals surface area contributed by atoms with E-state index in [1.807, 2.05) is 12.1 Å². The van der Waals surface area contributed by atoms with E-state index < -0.39 is 0 Å². The number of hydrogen-bond donors (Lipinski definition) is 1. The molecule has 148 valence electrons. The molecule has 0 radical (unpaired) electrons. The Morgan fingerprint density at radius 2 is 1.86 bits per heavy atom. The van der Waals surface area contributed by atoms with Crippen LogP contribution in [0.4, 0.5) is 10.2 Å².